The fraction of sp³-hybridized carbons (Fsp3) is 0.474. The van der Waals surface area contributed by atoms with Crippen LogP contribution in [0.3, 0.4) is 0 Å². The van der Waals surface area contributed by atoms with Crippen LogP contribution >= 0.6 is 11.8 Å². The van der Waals surface area contributed by atoms with Crippen molar-refractivity contribution in [1.29, 1.82) is 0 Å². The van der Waals surface area contributed by atoms with E-state index in [1.165, 1.54) is 11.8 Å². The number of aldehydes is 1. The molecule has 0 N–H and O–H groups in total. The Bertz CT molecular complexity index is 693. The molecule has 1 fully saturated rings. The first kappa shape index (κ1) is 20.0. The second-order valence-corrected chi connectivity index (χ2v) is 8.53. The van der Waals surface area contributed by atoms with Crippen molar-refractivity contribution < 1.29 is 18.9 Å². The van der Waals surface area contributed by atoms with Gasteiger partial charge in [-0.3, -0.25) is 9.59 Å². The number of rotatable bonds is 5. The lowest BCUT2D eigenvalue weighted by Gasteiger charge is -2.32. The molecule has 0 spiro atoms. The van der Waals surface area contributed by atoms with Crippen molar-refractivity contribution in [3.8, 4) is 0 Å². The summed E-state index contributed by atoms with van der Waals surface area (Å²) in [7, 11) is -0.517. The summed E-state index contributed by atoms with van der Waals surface area (Å²) in [6.45, 7) is 11.5. The summed E-state index contributed by atoms with van der Waals surface area (Å²) >= 11 is 1.22. The van der Waals surface area contributed by atoms with Crippen LogP contribution in [-0.4, -0.2) is 35.5 Å². The lowest BCUT2D eigenvalue weighted by molar-refractivity contribution is -0.109. The van der Waals surface area contributed by atoms with Crippen molar-refractivity contribution in [2.75, 3.05) is 5.75 Å². The van der Waals surface area contributed by atoms with Crippen LogP contribution < -0.4 is 0 Å². The lowest BCUT2D eigenvalue weighted by atomic mass is 9.78. The SMILES string of the molecule is CC(=O)SCC(=Cc1cc(C)cc(C=O)c1)B1OC(C)(C)C(C)(C)O1. The van der Waals surface area contributed by atoms with Gasteiger partial charge in [0.2, 0.25) is 0 Å². The maximum Gasteiger partial charge on any atom is 0.491 e. The first-order valence-electron chi connectivity index (χ1n) is 8.30. The average molecular weight is 360 g/mol. The number of benzene rings is 1. The summed E-state index contributed by atoms with van der Waals surface area (Å²) in [6, 6.07) is 5.66. The number of carbonyl (C=O) groups is 2. The second-order valence-electron chi connectivity index (χ2n) is 7.38. The van der Waals surface area contributed by atoms with Gasteiger partial charge in [0.05, 0.1) is 11.2 Å². The Hall–Kier alpha value is -1.37. The summed E-state index contributed by atoms with van der Waals surface area (Å²) in [5, 5.41) is 0.0419. The van der Waals surface area contributed by atoms with Crippen LogP contribution in [0.15, 0.2) is 23.7 Å². The summed E-state index contributed by atoms with van der Waals surface area (Å²) in [6.07, 6.45) is 2.79. The summed E-state index contributed by atoms with van der Waals surface area (Å²) in [5.41, 5.74) is 2.51. The van der Waals surface area contributed by atoms with Crippen molar-refractivity contribution in [3.05, 3.63) is 40.4 Å². The molecule has 0 saturated carbocycles. The van der Waals surface area contributed by atoms with Gasteiger partial charge in [-0.15, -0.1) is 0 Å². The number of aryl methyl sites for hydroxylation is 1. The van der Waals surface area contributed by atoms with E-state index in [1.54, 1.807) is 6.92 Å². The van der Waals surface area contributed by atoms with Crippen molar-refractivity contribution >= 4 is 36.4 Å². The molecule has 0 bridgehead atoms. The number of hydrogen-bond donors (Lipinski definition) is 0. The number of carbonyl (C=O) groups excluding carboxylic acids is 2. The third-order valence-electron chi connectivity index (χ3n) is 4.61. The van der Waals surface area contributed by atoms with E-state index in [4.69, 9.17) is 9.31 Å². The van der Waals surface area contributed by atoms with E-state index in [0.29, 0.717) is 11.3 Å². The van der Waals surface area contributed by atoms with Gasteiger partial charge in [-0.2, -0.15) is 0 Å². The molecule has 1 aromatic rings. The van der Waals surface area contributed by atoms with E-state index < -0.39 is 18.3 Å². The van der Waals surface area contributed by atoms with E-state index in [9.17, 15) is 9.59 Å². The molecule has 4 nitrogen and oxygen atoms in total. The topological polar surface area (TPSA) is 52.6 Å². The Morgan fingerprint density at radius 3 is 2.20 bits per heavy atom. The molecule has 1 aromatic carbocycles. The molecule has 0 unspecified atom stereocenters. The van der Waals surface area contributed by atoms with Crippen LogP contribution in [0.1, 0.15) is 56.1 Å². The molecule has 0 aliphatic carbocycles. The quantitative estimate of drug-likeness (QED) is 0.584. The van der Waals surface area contributed by atoms with Crippen LogP contribution in [0, 0.1) is 6.92 Å². The number of thioether (sulfide) groups is 1. The normalized spacial score (nSPS) is 19.1. The zero-order valence-corrected chi connectivity index (χ0v) is 16.5. The molecule has 0 amide bonds. The Kier molecular flexibility index (Phi) is 5.97. The van der Waals surface area contributed by atoms with Gasteiger partial charge in [0, 0.05) is 18.2 Å². The predicted molar refractivity (Wildman–Crippen MR) is 104 cm³/mol. The minimum absolute atomic E-state index is 0.0419. The molecule has 6 heteroatoms. The largest absolute Gasteiger partial charge is 0.491 e. The van der Waals surface area contributed by atoms with Gasteiger partial charge < -0.3 is 9.31 Å². The van der Waals surface area contributed by atoms with Gasteiger partial charge in [-0.25, -0.2) is 0 Å². The van der Waals surface area contributed by atoms with E-state index in [1.807, 2.05) is 58.9 Å². The van der Waals surface area contributed by atoms with Crippen molar-refractivity contribution in [2.24, 2.45) is 0 Å². The molecule has 1 aliphatic rings. The molecule has 1 saturated heterocycles. The van der Waals surface area contributed by atoms with Crippen LogP contribution in [-0.2, 0) is 14.1 Å². The van der Waals surface area contributed by atoms with Gasteiger partial charge in [0.1, 0.15) is 6.29 Å². The maximum absolute atomic E-state index is 11.4. The lowest BCUT2D eigenvalue weighted by Crippen LogP contribution is -2.41. The first-order valence-corrected chi connectivity index (χ1v) is 9.29. The molecule has 1 heterocycles. The van der Waals surface area contributed by atoms with Gasteiger partial charge in [0.25, 0.3) is 0 Å². The Morgan fingerprint density at radius 2 is 1.68 bits per heavy atom. The van der Waals surface area contributed by atoms with E-state index in [0.717, 1.165) is 22.9 Å². The number of hydrogen-bond acceptors (Lipinski definition) is 5. The van der Waals surface area contributed by atoms with Gasteiger partial charge in [-0.05, 0) is 63.4 Å². The van der Waals surface area contributed by atoms with Crippen LogP contribution in [0.4, 0.5) is 0 Å². The average Bonchev–Trinajstić information content (AvgIpc) is 2.70. The third-order valence-corrected chi connectivity index (χ3v) is 5.49. The molecule has 2 rings (SSSR count). The molecule has 0 atom stereocenters. The Balaban J connectivity index is 2.38. The van der Waals surface area contributed by atoms with Crippen molar-refractivity contribution in [3.63, 3.8) is 0 Å². The molecule has 1 aliphatic heterocycles. The van der Waals surface area contributed by atoms with E-state index in [-0.39, 0.29) is 5.12 Å². The fourth-order valence-electron chi connectivity index (χ4n) is 2.57. The molecule has 0 aromatic heterocycles. The summed E-state index contributed by atoms with van der Waals surface area (Å²) in [5.74, 6) is 0.483. The monoisotopic (exact) mass is 360 g/mol. The summed E-state index contributed by atoms with van der Waals surface area (Å²) < 4.78 is 12.3. The van der Waals surface area contributed by atoms with Gasteiger partial charge >= 0.3 is 7.12 Å². The Morgan fingerprint density at radius 1 is 1.12 bits per heavy atom. The smallest absolute Gasteiger partial charge is 0.400 e. The minimum atomic E-state index is -0.517. The highest BCUT2D eigenvalue weighted by atomic mass is 32.2. The zero-order chi connectivity index (χ0) is 18.8. The van der Waals surface area contributed by atoms with E-state index >= 15 is 0 Å². The zero-order valence-electron chi connectivity index (χ0n) is 15.7. The highest BCUT2D eigenvalue weighted by Gasteiger charge is 2.52. The van der Waals surface area contributed by atoms with Crippen molar-refractivity contribution in [1.82, 2.24) is 0 Å². The fourth-order valence-corrected chi connectivity index (χ4v) is 3.16. The minimum Gasteiger partial charge on any atom is -0.400 e. The van der Waals surface area contributed by atoms with Gasteiger partial charge in [-0.1, -0.05) is 23.9 Å². The highest BCUT2D eigenvalue weighted by Crippen LogP contribution is 2.39. The van der Waals surface area contributed by atoms with Crippen LogP contribution in [0.2, 0.25) is 0 Å². The second kappa shape index (κ2) is 7.48. The van der Waals surface area contributed by atoms with Crippen LogP contribution in [0.5, 0.6) is 0 Å². The molecule has 25 heavy (non-hydrogen) atoms. The molecular weight excluding hydrogens is 335 g/mol. The van der Waals surface area contributed by atoms with Crippen LogP contribution in [0.25, 0.3) is 6.08 Å². The third kappa shape index (κ3) is 4.84. The highest BCUT2D eigenvalue weighted by molar-refractivity contribution is 8.13. The predicted octanol–water partition coefficient (Wildman–Crippen LogP) is 4.10. The molecular formula is C19H25BO4S. The molecule has 134 valence electrons. The Labute approximate surface area is 154 Å². The molecule has 0 radical (unpaired) electrons. The van der Waals surface area contributed by atoms with Crippen molar-refractivity contribution in [2.45, 2.75) is 52.7 Å². The summed E-state index contributed by atoms with van der Waals surface area (Å²) in [4.78, 5) is 22.6. The standard InChI is InChI=1S/C19H25BO4S/c1-13-7-15(9-16(8-13)11-21)10-17(12-25-14(2)22)20-23-18(3,4)19(5,6)24-20/h7-11H,12H2,1-6H3. The van der Waals surface area contributed by atoms with Gasteiger partial charge in [0.15, 0.2) is 5.12 Å². The first-order chi connectivity index (χ1) is 11.5. The maximum atomic E-state index is 11.4. The van der Waals surface area contributed by atoms with E-state index in [2.05, 4.69) is 0 Å².